The predicted octanol–water partition coefficient (Wildman–Crippen LogP) is -0.128. The highest BCUT2D eigenvalue weighted by Crippen LogP contribution is 2.37. The molecule has 10 aromatic heterocycles. The Balaban J connectivity index is 0.0000000895. The molecule has 0 fully saturated rings. The van der Waals surface area contributed by atoms with E-state index in [-0.39, 0.29) is 26.9 Å². The van der Waals surface area contributed by atoms with E-state index in [2.05, 4.69) is 283 Å². The van der Waals surface area contributed by atoms with Crippen molar-refractivity contribution in [2.45, 2.75) is 25.7 Å². The third-order valence-electron chi connectivity index (χ3n) is 24.7. The third kappa shape index (κ3) is 8.79. The number of fused-ring (bicyclic) bond motifs is 18. The molecule has 8 aliphatic rings. The Morgan fingerprint density at radius 2 is 0.787 bits per heavy atom. The molecule has 20 heteroatoms. The first kappa shape index (κ1) is 62.5. The van der Waals surface area contributed by atoms with Crippen molar-refractivity contribution in [1.29, 1.82) is 0 Å². The Bertz CT molecular complexity index is 6480. The van der Waals surface area contributed by atoms with E-state index >= 15 is 0 Å². The SMILES string of the molecule is C[n+]1cc2ccccc2c2c1B1c3c(ncnc3-c3cccc4nc[n+](C)c1c34)C2.C[n+]1ccnc2c1B1c3c(cncc3-c3cccc4cc[n+](C)c1c34)C2.C[n+]1cncc2c1B1c3c(cccc3-c3cccc4cc[n+](C)c1c34)C2.C[n+]1cncc2c1B1c3c(cccc3-c3cccc4nc[n+](C)c1c34)C2. The van der Waals surface area contributed by atoms with Gasteiger partial charge in [0.1, 0.15) is 52.6 Å². The molecule has 25 rings (SSSR count). The van der Waals surface area contributed by atoms with E-state index in [0.29, 0.717) is 0 Å². The van der Waals surface area contributed by atoms with Gasteiger partial charge in [0.25, 0.3) is 25.3 Å². The molecular weight excluding hydrogens is 1320 g/mol. The van der Waals surface area contributed by atoms with Gasteiger partial charge < -0.3 is 0 Å². The average molecular weight is 1390 g/mol. The van der Waals surface area contributed by atoms with E-state index in [1.807, 2.05) is 56.3 Å². The molecule has 16 nitrogen and oxygen atoms in total. The summed E-state index contributed by atoms with van der Waals surface area (Å²) >= 11 is 0. The van der Waals surface area contributed by atoms with Crippen LogP contribution >= 0.6 is 0 Å². The fourth-order valence-electron chi connectivity index (χ4n) is 20.5. The molecule has 0 N–H and O–H groups in total. The standard InChI is InChI=1S/C24H18BN5.C22H18BN3.2C21H17BN4/c1-29-11-14-6-3-4-7-15(14)17-10-19-21-22(27-12-26-19)16-8-5-9-18-20(16)24(25(21)23(17)29)30(2)13-28-18;1-25-10-9-14-5-3-7-17-18-8-4-6-15-11-16-12-24-13-26(2)21(16)23(20(15)18)22(25)19(14)17;1-25-11-23-10-14-9-13-5-3-7-16-15-6-4-8-17-18(15)21(26(2)12-24-17)22(19(13)16)20(14)25;1-25-8-6-13-4-3-5-15-16-12-23-11-14-10-17-20(26(2)9-7-24-17)22(19(14)16)21(25)18(13)15/h3-9,11-13H,10H2,1-2H3;3-10,12-13H,11H2,1-2H3;3-8,10-12H,9H2,1-2H3;3-9,11-12H,10H2,1-2H3/q4*+2. The number of aryl methyl sites for hydroxylation is 8. The number of hydrogen-bond acceptors (Lipinski definition) is 8. The topological polar surface area (TPSA) is 134 Å². The van der Waals surface area contributed by atoms with Gasteiger partial charge in [-0.15, -0.1) is 0 Å². The summed E-state index contributed by atoms with van der Waals surface area (Å²) in [6, 6.07) is 52.7. The second-order valence-electron chi connectivity index (χ2n) is 30.5. The summed E-state index contributed by atoms with van der Waals surface area (Å²) < 4.78 is 17.9. The molecule has 0 saturated carbocycles. The zero-order valence-corrected chi connectivity index (χ0v) is 61.2. The largest absolute Gasteiger partial charge is 0.410 e. The molecule has 506 valence electrons. The Kier molecular flexibility index (Phi) is 13.5. The van der Waals surface area contributed by atoms with E-state index in [0.717, 1.165) is 59.4 Å². The first-order valence-corrected chi connectivity index (χ1v) is 37.2. The predicted molar refractivity (Wildman–Crippen MR) is 422 cm³/mol. The van der Waals surface area contributed by atoms with Crippen LogP contribution in [0, 0.1) is 0 Å². The third-order valence-corrected chi connectivity index (χ3v) is 24.7. The van der Waals surface area contributed by atoms with E-state index in [1.165, 1.54) is 176 Å². The number of aromatic nitrogens is 16. The molecule has 8 aliphatic heterocycles. The van der Waals surface area contributed by atoms with Gasteiger partial charge in [-0.2, -0.15) is 0 Å². The van der Waals surface area contributed by atoms with Gasteiger partial charge in [-0.25, -0.2) is 51.5 Å². The second-order valence-corrected chi connectivity index (χ2v) is 30.5. The smallest absolute Gasteiger partial charge is 0.264 e. The van der Waals surface area contributed by atoms with Crippen LogP contribution in [0.2, 0.25) is 0 Å². The van der Waals surface area contributed by atoms with Gasteiger partial charge in [0.2, 0.25) is 0 Å². The monoisotopic (exact) mass is 1390 g/mol. The zero-order chi connectivity index (χ0) is 72.2. The minimum atomic E-state index is 0.0833. The van der Waals surface area contributed by atoms with Crippen LogP contribution in [-0.2, 0) is 82.1 Å². The van der Waals surface area contributed by atoms with Gasteiger partial charge in [0.05, 0.1) is 73.2 Å². The van der Waals surface area contributed by atoms with Crippen LogP contribution in [0.5, 0.6) is 0 Å². The summed E-state index contributed by atoms with van der Waals surface area (Å²) in [5.41, 5.74) is 38.9. The van der Waals surface area contributed by atoms with Gasteiger partial charge in [-0.3, -0.25) is 4.98 Å². The highest BCUT2D eigenvalue weighted by molar-refractivity contribution is 6.99. The van der Waals surface area contributed by atoms with Gasteiger partial charge in [-0.05, 0) is 116 Å². The number of pyridine rings is 4. The maximum atomic E-state index is 4.77. The summed E-state index contributed by atoms with van der Waals surface area (Å²) in [6.45, 7) is 0.735. The Morgan fingerprint density at radius 1 is 0.296 bits per heavy atom. The fraction of sp³-hybridized carbons (Fsp3) is 0.136. The molecule has 0 spiro atoms. The molecule has 17 aromatic rings. The lowest BCUT2D eigenvalue weighted by molar-refractivity contribution is -0.661. The summed E-state index contributed by atoms with van der Waals surface area (Å²) in [5, 5.41) is 10.4. The number of benzene rings is 7. The maximum absolute atomic E-state index is 4.77. The molecule has 0 amide bonds. The van der Waals surface area contributed by atoms with Crippen LogP contribution in [0.15, 0.2) is 233 Å². The normalized spacial score (nSPS) is 13.5. The molecule has 0 aliphatic carbocycles. The molecule has 0 radical (unpaired) electrons. The van der Waals surface area contributed by atoms with Crippen LogP contribution < -0.4 is 103 Å². The minimum absolute atomic E-state index is 0.0833. The highest BCUT2D eigenvalue weighted by atomic mass is 15.0. The van der Waals surface area contributed by atoms with E-state index < -0.39 is 0 Å². The summed E-state index contributed by atoms with van der Waals surface area (Å²) in [6.07, 6.45) is 31.8. The van der Waals surface area contributed by atoms with Crippen LogP contribution in [0.4, 0.5) is 0 Å². The van der Waals surface area contributed by atoms with E-state index in [9.17, 15) is 0 Å². The van der Waals surface area contributed by atoms with Crippen molar-refractivity contribution in [3.63, 3.8) is 0 Å². The van der Waals surface area contributed by atoms with Gasteiger partial charge in [0.15, 0.2) is 58.2 Å². The molecule has 0 unspecified atom stereocenters. The highest BCUT2D eigenvalue weighted by Gasteiger charge is 2.53. The van der Waals surface area contributed by atoms with Crippen molar-refractivity contribution in [2.24, 2.45) is 56.4 Å². The number of nitrogens with zero attached hydrogens (tertiary/aromatic N) is 16. The van der Waals surface area contributed by atoms with E-state index in [1.54, 1.807) is 6.33 Å². The maximum Gasteiger partial charge on any atom is 0.410 e. The first-order chi connectivity index (χ1) is 52.9. The second kappa shape index (κ2) is 23.3. The molecule has 0 saturated heterocycles. The van der Waals surface area contributed by atoms with Gasteiger partial charge in [-0.1, -0.05) is 125 Å². The minimum Gasteiger partial charge on any atom is -0.264 e. The van der Waals surface area contributed by atoms with Crippen LogP contribution in [0.3, 0.4) is 0 Å². The van der Waals surface area contributed by atoms with Crippen molar-refractivity contribution < 1.29 is 36.5 Å². The molecule has 18 heterocycles. The molecule has 7 aromatic carbocycles. The Hall–Kier alpha value is -12.8. The van der Waals surface area contributed by atoms with Crippen molar-refractivity contribution in [1.82, 2.24) is 39.9 Å². The lowest BCUT2D eigenvalue weighted by Gasteiger charge is -2.30. The van der Waals surface area contributed by atoms with Crippen LogP contribution in [-0.4, -0.2) is 66.7 Å². The molecular formula is C88H70B4N16+8. The average Bonchev–Trinajstić information content (AvgIpc) is 0.723. The van der Waals surface area contributed by atoms with Crippen molar-refractivity contribution >= 4 is 148 Å². The van der Waals surface area contributed by atoms with Gasteiger partial charge >= 0.3 is 26.9 Å². The Morgan fingerprint density at radius 3 is 1.43 bits per heavy atom. The van der Waals surface area contributed by atoms with Gasteiger partial charge in [0, 0.05) is 94.3 Å². The summed E-state index contributed by atoms with van der Waals surface area (Å²) in [7, 11) is 17.1. The van der Waals surface area contributed by atoms with E-state index in [4.69, 9.17) is 19.9 Å². The lowest BCUT2D eigenvalue weighted by atomic mass is 9.33. The lowest BCUT2D eigenvalue weighted by Crippen LogP contribution is -2.74. The van der Waals surface area contributed by atoms with Crippen LogP contribution in [0.25, 0.3) is 98.8 Å². The summed E-state index contributed by atoms with van der Waals surface area (Å²) in [4.78, 5) is 37.1. The first-order valence-electron chi connectivity index (χ1n) is 37.2. The van der Waals surface area contributed by atoms with Crippen molar-refractivity contribution in [3.8, 4) is 44.6 Å². The zero-order valence-electron chi connectivity index (χ0n) is 61.2. The number of rotatable bonds is 0. The Labute approximate surface area is 624 Å². The fourth-order valence-corrected chi connectivity index (χ4v) is 20.5. The van der Waals surface area contributed by atoms with Crippen LogP contribution in [0.1, 0.15) is 44.8 Å². The molecule has 0 bridgehead atoms. The molecule has 0 atom stereocenters. The molecule has 108 heavy (non-hydrogen) atoms. The van der Waals surface area contributed by atoms with Crippen molar-refractivity contribution in [3.05, 3.63) is 278 Å². The van der Waals surface area contributed by atoms with Crippen molar-refractivity contribution in [2.75, 3.05) is 0 Å². The quantitative estimate of drug-likeness (QED) is 0.152. The summed E-state index contributed by atoms with van der Waals surface area (Å²) in [5.74, 6) is 0. The number of hydrogen-bond donors (Lipinski definition) is 0.